The number of nitrogens with one attached hydrogen (secondary N) is 1. The average Bonchev–Trinajstić information content (AvgIpc) is 2.91. The average molecular weight is 283 g/mol. The van der Waals surface area contributed by atoms with Gasteiger partial charge >= 0.3 is 5.97 Å². The van der Waals surface area contributed by atoms with Gasteiger partial charge in [-0.15, -0.1) is 0 Å². The quantitative estimate of drug-likeness (QED) is 0.906. The van der Waals surface area contributed by atoms with Crippen molar-refractivity contribution in [1.82, 2.24) is 5.32 Å². The summed E-state index contributed by atoms with van der Waals surface area (Å²) in [5.74, 6) is -0.485. The lowest BCUT2D eigenvalue weighted by molar-refractivity contribution is 0.0696. The van der Waals surface area contributed by atoms with Crippen molar-refractivity contribution in [3.63, 3.8) is 0 Å². The monoisotopic (exact) mass is 283 g/mol. The van der Waals surface area contributed by atoms with E-state index in [2.05, 4.69) is 5.32 Å². The highest BCUT2D eigenvalue weighted by Crippen LogP contribution is 2.31. The molecule has 2 N–H and O–H groups in total. The molecule has 0 bridgehead atoms. The smallest absolute Gasteiger partial charge is 0.335 e. The summed E-state index contributed by atoms with van der Waals surface area (Å²) < 4.78 is 5.51. The van der Waals surface area contributed by atoms with Crippen LogP contribution in [0.15, 0.2) is 48.5 Å². The fourth-order valence-corrected chi connectivity index (χ4v) is 2.29. The maximum atomic E-state index is 12.2. The topological polar surface area (TPSA) is 75.6 Å². The molecule has 5 heteroatoms. The van der Waals surface area contributed by atoms with Crippen LogP contribution in [0.25, 0.3) is 0 Å². The Morgan fingerprint density at radius 3 is 2.43 bits per heavy atom. The molecule has 21 heavy (non-hydrogen) atoms. The van der Waals surface area contributed by atoms with Gasteiger partial charge < -0.3 is 15.2 Å². The van der Waals surface area contributed by atoms with Gasteiger partial charge in [0.15, 0.2) is 0 Å². The first kappa shape index (κ1) is 13.2. The lowest BCUT2D eigenvalue weighted by Gasteiger charge is -2.11. The highest BCUT2D eigenvalue weighted by atomic mass is 16.5. The van der Waals surface area contributed by atoms with Crippen molar-refractivity contribution in [2.24, 2.45) is 0 Å². The van der Waals surface area contributed by atoms with Crippen LogP contribution >= 0.6 is 0 Å². The number of hydrogen-bond acceptors (Lipinski definition) is 3. The lowest BCUT2D eigenvalue weighted by atomic mass is 10.1. The van der Waals surface area contributed by atoms with Gasteiger partial charge in [-0.2, -0.15) is 0 Å². The maximum absolute atomic E-state index is 12.2. The molecular formula is C16H13NO4. The molecular weight excluding hydrogens is 270 g/mol. The van der Waals surface area contributed by atoms with E-state index in [1.807, 2.05) is 24.3 Å². The summed E-state index contributed by atoms with van der Waals surface area (Å²) in [4.78, 5) is 23.0. The number of ether oxygens (including phenoxy) is 1. The summed E-state index contributed by atoms with van der Waals surface area (Å²) >= 11 is 0. The van der Waals surface area contributed by atoms with Gasteiger partial charge in [0, 0.05) is 11.1 Å². The van der Waals surface area contributed by atoms with E-state index in [4.69, 9.17) is 9.84 Å². The fourth-order valence-electron chi connectivity index (χ4n) is 2.29. The number of carboxylic acid groups (broad SMARTS) is 1. The van der Waals surface area contributed by atoms with Crippen LogP contribution in [0.4, 0.5) is 0 Å². The van der Waals surface area contributed by atoms with E-state index in [1.165, 1.54) is 24.3 Å². The molecule has 2 aromatic carbocycles. The van der Waals surface area contributed by atoms with Crippen molar-refractivity contribution in [3.05, 3.63) is 65.2 Å². The molecule has 1 atom stereocenters. The number of carbonyl (C=O) groups is 2. The number of benzene rings is 2. The van der Waals surface area contributed by atoms with Crippen LogP contribution in [0.2, 0.25) is 0 Å². The Kier molecular flexibility index (Phi) is 3.31. The summed E-state index contributed by atoms with van der Waals surface area (Å²) in [6, 6.07) is 13.2. The molecule has 0 aliphatic carbocycles. The number of carbonyl (C=O) groups excluding carboxylic acids is 1. The van der Waals surface area contributed by atoms with Gasteiger partial charge in [0.05, 0.1) is 11.6 Å². The van der Waals surface area contributed by atoms with Crippen molar-refractivity contribution >= 4 is 11.9 Å². The summed E-state index contributed by atoms with van der Waals surface area (Å²) in [6.07, 6.45) is 0. The van der Waals surface area contributed by atoms with Gasteiger partial charge in [-0.1, -0.05) is 18.2 Å². The SMILES string of the molecule is O=C(O)c1ccc(C(=O)N[C@@H]2COc3ccccc32)cc1. The Morgan fingerprint density at radius 2 is 1.71 bits per heavy atom. The number of para-hydroxylation sites is 1. The molecule has 3 rings (SSSR count). The second-order valence-electron chi connectivity index (χ2n) is 4.76. The first-order valence-electron chi connectivity index (χ1n) is 6.51. The van der Waals surface area contributed by atoms with E-state index in [0.29, 0.717) is 12.2 Å². The number of carboxylic acids is 1. The van der Waals surface area contributed by atoms with Crippen molar-refractivity contribution in [2.75, 3.05) is 6.61 Å². The zero-order valence-electron chi connectivity index (χ0n) is 11.1. The van der Waals surface area contributed by atoms with E-state index >= 15 is 0 Å². The molecule has 0 fully saturated rings. The van der Waals surface area contributed by atoms with Crippen LogP contribution < -0.4 is 10.1 Å². The largest absolute Gasteiger partial charge is 0.491 e. The zero-order chi connectivity index (χ0) is 14.8. The maximum Gasteiger partial charge on any atom is 0.335 e. The predicted octanol–water partition coefficient (Wildman–Crippen LogP) is 2.25. The number of rotatable bonds is 3. The Bertz CT molecular complexity index is 694. The number of aromatic carboxylic acids is 1. The molecule has 0 saturated carbocycles. The lowest BCUT2D eigenvalue weighted by Crippen LogP contribution is -2.29. The molecule has 0 unspecified atom stereocenters. The fraction of sp³-hybridized carbons (Fsp3) is 0.125. The molecule has 106 valence electrons. The van der Waals surface area contributed by atoms with Crippen molar-refractivity contribution < 1.29 is 19.4 Å². The minimum atomic E-state index is -1.01. The molecule has 1 aliphatic heterocycles. The highest BCUT2D eigenvalue weighted by Gasteiger charge is 2.25. The van der Waals surface area contributed by atoms with Gasteiger partial charge in [-0.3, -0.25) is 4.79 Å². The van der Waals surface area contributed by atoms with Crippen LogP contribution in [0.3, 0.4) is 0 Å². The molecule has 1 aliphatic rings. The third kappa shape index (κ3) is 2.58. The number of fused-ring (bicyclic) bond motifs is 1. The predicted molar refractivity (Wildman–Crippen MR) is 75.5 cm³/mol. The van der Waals surface area contributed by atoms with Crippen molar-refractivity contribution in [1.29, 1.82) is 0 Å². The third-order valence-corrected chi connectivity index (χ3v) is 3.40. The number of amides is 1. The highest BCUT2D eigenvalue weighted by molar-refractivity contribution is 5.96. The standard InChI is InChI=1S/C16H13NO4/c18-15(10-5-7-11(8-6-10)16(19)20)17-13-9-21-14-4-2-1-3-12(13)14/h1-8,13H,9H2,(H,17,18)(H,19,20)/t13-/m1/s1. The molecule has 2 aromatic rings. The van der Waals surface area contributed by atoms with Crippen molar-refractivity contribution in [2.45, 2.75) is 6.04 Å². The first-order valence-corrected chi connectivity index (χ1v) is 6.51. The van der Waals surface area contributed by atoms with Crippen LogP contribution in [0, 0.1) is 0 Å². The minimum absolute atomic E-state index is 0.154. The van der Waals surface area contributed by atoms with Gasteiger partial charge in [0.2, 0.25) is 0 Å². The van der Waals surface area contributed by atoms with E-state index < -0.39 is 5.97 Å². The van der Waals surface area contributed by atoms with Crippen LogP contribution in [0.5, 0.6) is 5.75 Å². The van der Waals surface area contributed by atoms with Gasteiger partial charge in [0.1, 0.15) is 12.4 Å². The normalized spacial score (nSPS) is 15.9. The summed E-state index contributed by atoms with van der Waals surface area (Å²) in [5.41, 5.74) is 1.53. The second kappa shape index (κ2) is 5.28. The van der Waals surface area contributed by atoms with Gasteiger partial charge in [-0.25, -0.2) is 4.79 Å². The van der Waals surface area contributed by atoms with E-state index in [0.717, 1.165) is 11.3 Å². The Labute approximate surface area is 121 Å². The van der Waals surface area contributed by atoms with Crippen LogP contribution in [-0.2, 0) is 0 Å². The van der Waals surface area contributed by atoms with E-state index in [1.54, 1.807) is 0 Å². The van der Waals surface area contributed by atoms with E-state index in [9.17, 15) is 9.59 Å². The molecule has 0 spiro atoms. The van der Waals surface area contributed by atoms with Crippen molar-refractivity contribution in [3.8, 4) is 5.75 Å². The Hall–Kier alpha value is -2.82. The molecule has 0 radical (unpaired) electrons. The molecule has 1 heterocycles. The Morgan fingerprint density at radius 1 is 1.05 bits per heavy atom. The van der Waals surface area contributed by atoms with Crippen LogP contribution in [-0.4, -0.2) is 23.6 Å². The Balaban J connectivity index is 1.74. The summed E-state index contributed by atoms with van der Waals surface area (Å²) in [5, 5.41) is 11.7. The minimum Gasteiger partial charge on any atom is -0.491 e. The second-order valence-corrected chi connectivity index (χ2v) is 4.76. The third-order valence-electron chi connectivity index (χ3n) is 3.40. The van der Waals surface area contributed by atoms with Crippen LogP contribution in [0.1, 0.15) is 32.3 Å². The molecule has 1 amide bonds. The van der Waals surface area contributed by atoms with E-state index in [-0.39, 0.29) is 17.5 Å². The summed E-state index contributed by atoms with van der Waals surface area (Å²) in [6.45, 7) is 0.401. The van der Waals surface area contributed by atoms with Gasteiger partial charge in [0.25, 0.3) is 5.91 Å². The molecule has 5 nitrogen and oxygen atoms in total. The first-order chi connectivity index (χ1) is 10.1. The van der Waals surface area contributed by atoms with Gasteiger partial charge in [-0.05, 0) is 30.3 Å². The number of hydrogen-bond donors (Lipinski definition) is 2. The zero-order valence-corrected chi connectivity index (χ0v) is 11.1. The molecule has 0 aromatic heterocycles. The molecule has 0 saturated heterocycles. The summed E-state index contributed by atoms with van der Waals surface area (Å²) in [7, 11) is 0.